The first-order valence-corrected chi connectivity index (χ1v) is 4.36. The van der Waals surface area contributed by atoms with Crippen molar-refractivity contribution >= 4 is 5.97 Å². The van der Waals surface area contributed by atoms with Crippen LogP contribution in [0.25, 0.3) is 0 Å². The standard InChI is InChI=1S/C8H14F3NO2/c1-3-5(4-2)6(12)14-7(13)8(9,10)11/h5-6H,3-4,12H2,1-2H3. The first-order valence-electron chi connectivity index (χ1n) is 4.36. The van der Waals surface area contributed by atoms with Crippen LogP contribution < -0.4 is 5.73 Å². The van der Waals surface area contributed by atoms with Crippen LogP contribution in [0.2, 0.25) is 0 Å². The number of ether oxygens (including phenoxy) is 1. The third-order valence-electron chi connectivity index (χ3n) is 1.99. The number of alkyl halides is 3. The monoisotopic (exact) mass is 213 g/mol. The van der Waals surface area contributed by atoms with Gasteiger partial charge < -0.3 is 4.74 Å². The summed E-state index contributed by atoms with van der Waals surface area (Å²) in [4.78, 5) is 10.4. The van der Waals surface area contributed by atoms with Crippen LogP contribution in [0, 0.1) is 5.92 Å². The molecule has 0 bridgehead atoms. The molecule has 0 saturated carbocycles. The van der Waals surface area contributed by atoms with Gasteiger partial charge in [-0.2, -0.15) is 13.2 Å². The van der Waals surface area contributed by atoms with Crippen LogP contribution in [0.3, 0.4) is 0 Å². The van der Waals surface area contributed by atoms with Crippen molar-refractivity contribution in [2.24, 2.45) is 11.7 Å². The number of carbonyl (C=O) groups is 1. The Morgan fingerprint density at radius 2 is 1.79 bits per heavy atom. The minimum absolute atomic E-state index is 0.235. The fraction of sp³-hybridized carbons (Fsp3) is 0.875. The van der Waals surface area contributed by atoms with Gasteiger partial charge in [-0.15, -0.1) is 0 Å². The average molecular weight is 213 g/mol. The number of hydrogen-bond donors (Lipinski definition) is 1. The summed E-state index contributed by atoms with van der Waals surface area (Å²) >= 11 is 0. The summed E-state index contributed by atoms with van der Waals surface area (Å²) in [7, 11) is 0. The van der Waals surface area contributed by atoms with Gasteiger partial charge in [-0.05, 0) is 12.8 Å². The Hall–Kier alpha value is -0.780. The summed E-state index contributed by atoms with van der Waals surface area (Å²) in [5, 5.41) is 0. The Morgan fingerprint density at radius 1 is 1.36 bits per heavy atom. The molecule has 1 atom stereocenters. The molecule has 0 radical (unpaired) electrons. The average Bonchev–Trinajstić information content (AvgIpc) is 2.04. The second-order valence-electron chi connectivity index (χ2n) is 2.94. The Bertz CT molecular complexity index is 190. The van der Waals surface area contributed by atoms with Gasteiger partial charge in [0.05, 0.1) is 0 Å². The van der Waals surface area contributed by atoms with Gasteiger partial charge in [0.1, 0.15) is 0 Å². The maximum absolute atomic E-state index is 11.8. The zero-order valence-corrected chi connectivity index (χ0v) is 8.10. The largest absolute Gasteiger partial charge is 0.490 e. The van der Waals surface area contributed by atoms with E-state index in [0.29, 0.717) is 12.8 Å². The minimum atomic E-state index is -4.97. The molecule has 0 aromatic heterocycles. The van der Waals surface area contributed by atoms with E-state index in [1.165, 1.54) is 0 Å². The van der Waals surface area contributed by atoms with Crippen molar-refractivity contribution in [2.45, 2.75) is 39.1 Å². The third kappa shape index (κ3) is 3.95. The third-order valence-corrected chi connectivity index (χ3v) is 1.99. The molecule has 0 amide bonds. The highest BCUT2D eigenvalue weighted by Gasteiger charge is 2.42. The van der Waals surface area contributed by atoms with Crippen molar-refractivity contribution in [1.82, 2.24) is 0 Å². The molecule has 2 N–H and O–H groups in total. The van der Waals surface area contributed by atoms with Crippen molar-refractivity contribution in [3.8, 4) is 0 Å². The van der Waals surface area contributed by atoms with Crippen LogP contribution in [0.15, 0.2) is 0 Å². The zero-order valence-electron chi connectivity index (χ0n) is 8.10. The molecule has 0 aromatic carbocycles. The van der Waals surface area contributed by atoms with Gasteiger partial charge in [0.15, 0.2) is 6.23 Å². The molecule has 0 aliphatic rings. The van der Waals surface area contributed by atoms with Gasteiger partial charge in [-0.25, -0.2) is 4.79 Å². The van der Waals surface area contributed by atoms with E-state index < -0.39 is 18.4 Å². The number of esters is 1. The van der Waals surface area contributed by atoms with Crippen LogP contribution >= 0.6 is 0 Å². The number of nitrogens with two attached hydrogens (primary N) is 1. The van der Waals surface area contributed by atoms with Gasteiger partial charge in [0.25, 0.3) is 0 Å². The number of rotatable bonds is 4. The summed E-state index contributed by atoms with van der Waals surface area (Å²) in [5.74, 6) is -2.46. The van der Waals surface area contributed by atoms with E-state index >= 15 is 0 Å². The SMILES string of the molecule is CCC(CC)C(N)OC(=O)C(F)(F)F. The molecule has 0 heterocycles. The first-order chi connectivity index (χ1) is 6.32. The smallest absolute Gasteiger partial charge is 0.440 e. The number of halogens is 3. The maximum Gasteiger partial charge on any atom is 0.490 e. The topological polar surface area (TPSA) is 52.3 Å². The molecule has 1 unspecified atom stereocenters. The van der Waals surface area contributed by atoms with E-state index in [0.717, 1.165) is 0 Å². The molecule has 0 rings (SSSR count). The minimum Gasteiger partial charge on any atom is -0.440 e. The van der Waals surface area contributed by atoms with E-state index in [2.05, 4.69) is 4.74 Å². The molecule has 0 fully saturated rings. The normalized spacial score (nSPS) is 14.2. The molecule has 6 heteroatoms. The van der Waals surface area contributed by atoms with Crippen molar-refractivity contribution < 1.29 is 22.7 Å². The fourth-order valence-electron chi connectivity index (χ4n) is 1.04. The highest BCUT2D eigenvalue weighted by molar-refractivity contribution is 5.75. The molecule has 14 heavy (non-hydrogen) atoms. The molecule has 3 nitrogen and oxygen atoms in total. The summed E-state index contributed by atoms with van der Waals surface area (Å²) in [5.41, 5.74) is 5.29. The van der Waals surface area contributed by atoms with Crippen LogP contribution in [0.5, 0.6) is 0 Å². The molecule has 0 spiro atoms. The van der Waals surface area contributed by atoms with Gasteiger partial charge in [-0.3, -0.25) is 5.73 Å². The van der Waals surface area contributed by atoms with Crippen molar-refractivity contribution in [3.05, 3.63) is 0 Å². The van der Waals surface area contributed by atoms with Gasteiger partial charge in [-0.1, -0.05) is 13.8 Å². The lowest BCUT2D eigenvalue weighted by Crippen LogP contribution is -2.39. The second-order valence-corrected chi connectivity index (χ2v) is 2.94. The van der Waals surface area contributed by atoms with Crippen LogP contribution in [0.1, 0.15) is 26.7 Å². The Kier molecular flexibility index (Phi) is 4.90. The fourth-order valence-corrected chi connectivity index (χ4v) is 1.04. The lowest BCUT2D eigenvalue weighted by atomic mass is 10.0. The highest BCUT2D eigenvalue weighted by Crippen LogP contribution is 2.20. The van der Waals surface area contributed by atoms with E-state index in [9.17, 15) is 18.0 Å². The van der Waals surface area contributed by atoms with E-state index in [-0.39, 0.29) is 5.92 Å². The van der Waals surface area contributed by atoms with Crippen molar-refractivity contribution in [3.63, 3.8) is 0 Å². The predicted octanol–water partition coefficient (Wildman–Crippen LogP) is 1.81. The van der Waals surface area contributed by atoms with E-state index in [1.807, 2.05) is 0 Å². The van der Waals surface area contributed by atoms with Gasteiger partial charge in [0, 0.05) is 5.92 Å². The molecular weight excluding hydrogens is 199 g/mol. The van der Waals surface area contributed by atoms with Crippen molar-refractivity contribution in [2.75, 3.05) is 0 Å². The zero-order chi connectivity index (χ0) is 11.4. The molecule has 0 aliphatic heterocycles. The van der Waals surface area contributed by atoms with E-state index in [1.54, 1.807) is 13.8 Å². The molecule has 0 aromatic rings. The lowest BCUT2D eigenvalue weighted by molar-refractivity contribution is -0.207. The predicted molar refractivity (Wildman–Crippen MR) is 44.2 cm³/mol. The van der Waals surface area contributed by atoms with Gasteiger partial charge >= 0.3 is 12.1 Å². The van der Waals surface area contributed by atoms with Crippen molar-refractivity contribution in [1.29, 1.82) is 0 Å². The lowest BCUT2D eigenvalue weighted by Gasteiger charge is -2.21. The van der Waals surface area contributed by atoms with Crippen LogP contribution in [-0.2, 0) is 9.53 Å². The maximum atomic E-state index is 11.8. The Balaban J connectivity index is 4.18. The second kappa shape index (κ2) is 5.19. The van der Waals surface area contributed by atoms with E-state index in [4.69, 9.17) is 5.73 Å². The quantitative estimate of drug-likeness (QED) is 0.572. The highest BCUT2D eigenvalue weighted by atomic mass is 19.4. The number of carbonyl (C=O) groups excluding carboxylic acids is 1. The molecular formula is C8H14F3NO2. The summed E-state index contributed by atoms with van der Waals surface area (Å²) < 4.78 is 39.3. The molecule has 84 valence electrons. The summed E-state index contributed by atoms with van der Waals surface area (Å²) in [6.45, 7) is 3.55. The van der Waals surface area contributed by atoms with Gasteiger partial charge in [0.2, 0.25) is 0 Å². The summed E-state index contributed by atoms with van der Waals surface area (Å²) in [6.07, 6.45) is -5.01. The summed E-state index contributed by atoms with van der Waals surface area (Å²) in [6, 6.07) is 0. The molecule has 0 saturated heterocycles. The Morgan fingerprint density at radius 3 is 2.07 bits per heavy atom. The first kappa shape index (κ1) is 13.2. The number of hydrogen-bond acceptors (Lipinski definition) is 3. The molecule has 0 aliphatic carbocycles. The van der Waals surface area contributed by atoms with Crippen LogP contribution in [-0.4, -0.2) is 18.4 Å². The van der Waals surface area contributed by atoms with Crippen LogP contribution in [0.4, 0.5) is 13.2 Å². The Labute approximate surface area is 80.4 Å².